The highest BCUT2D eigenvalue weighted by Gasteiger charge is 2.23. The molecule has 0 bridgehead atoms. The molecule has 104 valence electrons. The van der Waals surface area contributed by atoms with Crippen molar-refractivity contribution in [3.63, 3.8) is 0 Å². The van der Waals surface area contributed by atoms with Gasteiger partial charge in [-0.05, 0) is 24.8 Å². The topological polar surface area (TPSA) is 64.4 Å². The Labute approximate surface area is 113 Å². The molecule has 5 nitrogen and oxygen atoms in total. The van der Waals surface area contributed by atoms with Gasteiger partial charge in [-0.25, -0.2) is 0 Å². The molecule has 5 heteroatoms. The molecule has 1 aromatic rings. The third-order valence-corrected chi connectivity index (χ3v) is 3.89. The number of methoxy groups -OCH3 is 1. The van der Waals surface area contributed by atoms with Crippen molar-refractivity contribution < 1.29 is 9.66 Å². The molecule has 2 rings (SSSR count). The molecule has 0 aromatic heterocycles. The largest absolute Gasteiger partial charge is 0.496 e. The number of non-ortho nitro benzene ring substituents is 1. The molecule has 0 spiro atoms. The van der Waals surface area contributed by atoms with E-state index in [1.54, 1.807) is 19.2 Å². The highest BCUT2D eigenvalue weighted by atomic mass is 16.6. The molecular formula is C14H20N2O3. The van der Waals surface area contributed by atoms with Crippen LogP contribution in [0, 0.1) is 16.0 Å². The van der Waals surface area contributed by atoms with Crippen LogP contribution in [-0.2, 0) is 6.54 Å². The maximum Gasteiger partial charge on any atom is 0.270 e. The average Bonchev–Trinajstić information content (AvgIpc) is 2.81. The van der Waals surface area contributed by atoms with Crippen molar-refractivity contribution in [3.05, 3.63) is 33.9 Å². The number of rotatable bonds is 5. The number of ether oxygens (including phenoxy) is 1. The number of benzene rings is 1. The number of nitrogens with one attached hydrogen (secondary N) is 1. The second-order valence-corrected chi connectivity index (χ2v) is 5.15. The van der Waals surface area contributed by atoms with Crippen LogP contribution < -0.4 is 10.1 Å². The minimum atomic E-state index is -0.374. The van der Waals surface area contributed by atoms with Gasteiger partial charge in [-0.2, -0.15) is 0 Å². The number of hydrogen-bond donors (Lipinski definition) is 1. The molecule has 19 heavy (non-hydrogen) atoms. The predicted octanol–water partition coefficient (Wildman–Crippen LogP) is 2.88. The van der Waals surface area contributed by atoms with Gasteiger partial charge in [0.1, 0.15) is 5.75 Å². The zero-order valence-electron chi connectivity index (χ0n) is 11.4. The molecule has 0 saturated heterocycles. The minimum absolute atomic E-state index is 0.108. The molecule has 1 aromatic carbocycles. The number of hydrogen-bond acceptors (Lipinski definition) is 4. The van der Waals surface area contributed by atoms with Crippen molar-refractivity contribution in [2.75, 3.05) is 7.11 Å². The SMILES string of the molecule is COc1ccc([N+](=O)[O-])cc1CNC1CCCC1C. The van der Waals surface area contributed by atoms with Crippen LogP contribution in [0.2, 0.25) is 0 Å². The van der Waals surface area contributed by atoms with Gasteiger partial charge in [0.15, 0.2) is 0 Å². The first-order valence-electron chi connectivity index (χ1n) is 6.66. The molecule has 0 radical (unpaired) electrons. The smallest absolute Gasteiger partial charge is 0.270 e. The second-order valence-electron chi connectivity index (χ2n) is 5.15. The van der Waals surface area contributed by atoms with Crippen molar-refractivity contribution in [3.8, 4) is 5.75 Å². The van der Waals surface area contributed by atoms with Crippen LogP contribution in [0.25, 0.3) is 0 Å². The van der Waals surface area contributed by atoms with Crippen LogP contribution >= 0.6 is 0 Å². The van der Waals surface area contributed by atoms with E-state index < -0.39 is 0 Å². The number of nitrogens with zero attached hydrogens (tertiary/aromatic N) is 1. The molecule has 2 unspecified atom stereocenters. The summed E-state index contributed by atoms with van der Waals surface area (Å²) in [5.41, 5.74) is 0.952. The summed E-state index contributed by atoms with van der Waals surface area (Å²) in [7, 11) is 1.59. The quantitative estimate of drug-likeness (QED) is 0.656. The lowest BCUT2D eigenvalue weighted by atomic mass is 10.1. The summed E-state index contributed by atoms with van der Waals surface area (Å²) < 4.78 is 5.26. The Bertz CT molecular complexity index is 462. The molecular weight excluding hydrogens is 244 g/mol. The summed E-state index contributed by atoms with van der Waals surface area (Å²) in [6.45, 7) is 2.86. The Hall–Kier alpha value is -1.62. The van der Waals surface area contributed by atoms with E-state index >= 15 is 0 Å². The standard InChI is InChI=1S/C14H20N2O3/c1-10-4-3-5-13(10)15-9-11-8-12(16(17)18)6-7-14(11)19-2/h6-8,10,13,15H,3-5,9H2,1-2H3. The van der Waals surface area contributed by atoms with E-state index in [4.69, 9.17) is 4.74 Å². The average molecular weight is 264 g/mol. The van der Waals surface area contributed by atoms with Crippen molar-refractivity contribution >= 4 is 5.69 Å². The Morgan fingerprint density at radius 2 is 2.26 bits per heavy atom. The summed E-state index contributed by atoms with van der Waals surface area (Å²) in [6.07, 6.45) is 3.69. The van der Waals surface area contributed by atoms with E-state index in [0.717, 1.165) is 5.56 Å². The summed E-state index contributed by atoms with van der Waals surface area (Å²) in [6, 6.07) is 5.23. The molecule has 1 N–H and O–H groups in total. The maximum absolute atomic E-state index is 10.8. The molecule has 1 fully saturated rings. The van der Waals surface area contributed by atoms with Crippen LogP contribution in [0.5, 0.6) is 5.75 Å². The monoisotopic (exact) mass is 264 g/mol. The van der Waals surface area contributed by atoms with Gasteiger partial charge in [-0.1, -0.05) is 13.3 Å². The molecule has 0 amide bonds. The first-order chi connectivity index (χ1) is 9.11. The van der Waals surface area contributed by atoms with E-state index in [1.807, 2.05) is 0 Å². The molecule has 1 aliphatic rings. The van der Waals surface area contributed by atoms with Gasteiger partial charge >= 0.3 is 0 Å². The third kappa shape index (κ3) is 3.23. The van der Waals surface area contributed by atoms with Crippen molar-refractivity contribution in [2.24, 2.45) is 5.92 Å². The summed E-state index contributed by atoms with van der Waals surface area (Å²) >= 11 is 0. The molecule has 0 aliphatic heterocycles. The first kappa shape index (κ1) is 13.8. The normalized spacial score (nSPS) is 22.4. The van der Waals surface area contributed by atoms with Crippen molar-refractivity contribution in [2.45, 2.75) is 38.8 Å². The van der Waals surface area contributed by atoms with Gasteiger partial charge in [0.2, 0.25) is 0 Å². The Morgan fingerprint density at radius 3 is 2.84 bits per heavy atom. The molecule has 1 aliphatic carbocycles. The number of nitro groups is 1. The highest BCUT2D eigenvalue weighted by molar-refractivity contribution is 5.43. The lowest BCUT2D eigenvalue weighted by Crippen LogP contribution is -2.30. The van der Waals surface area contributed by atoms with Gasteiger partial charge in [0, 0.05) is 30.3 Å². The van der Waals surface area contributed by atoms with E-state index in [-0.39, 0.29) is 10.6 Å². The summed E-state index contributed by atoms with van der Waals surface area (Å²) in [5.74, 6) is 1.37. The Morgan fingerprint density at radius 1 is 1.47 bits per heavy atom. The predicted molar refractivity (Wildman–Crippen MR) is 73.3 cm³/mol. The second kappa shape index (κ2) is 6.02. The maximum atomic E-state index is 10.8. The van der Waals surface area contributed by atoms with E-state index in [9.17, 15) is 10.1 Å². The Kier molecular flexibility index (Phi) is 4.37. The fourth-order valence-electron chi connectivity index (χ4n) is 2.71. The zero-order valence-corrected chi connectivity index (χ0v) is 11.4. The van der Waals surface area contributed by atoms with Crippen LogP contribution in [-0.4, -0.2) is 18.1 Å². The molecule has 1 saturated carbocycles. The van der Waals surface area contributed by atoms with Gasteiger partial charge < -0.3 is 10.1 Å². The highest BCUT2D eigenvalue weighted by Crippen LogP contribution is 2.27. The zero-order chi connectivity index (χ0) is 13.8. The van der Waals surface area contributed by atoms with Crippen molar-refractivity contribution in [1.29, 1.82) is 0 Å². The lowest BCUT2D eigenvalue weighted by molar-refractivity contribution is -0.384. The van der Waals surface area contributed by atoms with Crippen LogP contribution in [0.1, 0.15) is 31.7 Å². The number of nitro benzene ring substituents is 1. The van der Waals surface area contributed by atoms with E-state index in [0.29, 0.717) is 24.3 Å². The summed E-state index contributed by atoms with van der Waals surface area (Å²) in [4.78, 5) is 10.4. The van der Waals surface area contributed by atoms with Crippen molar-refractivity contribution in [1.82, 2.24) is 5.32 Å². The van der Waals surface area contributed by atoms with Crippen LogP contribution in [0.3, 0.4) is 0 Å². The van der Waals surface area contributed by atoms with E-state index in [1.165, 1.54) is 25.3 Å². The lowest BCUT2D eigenvalue weighted by Gasteiger charge is -2.18. The third-order valence-electron chi connectivity index (χ3n) is 3.89. The molecule has 2 atom stereocenters. The fourth-order valence-corrected chi connectivity index (χ4v) is 2.71. The van der Waals surface area contributed by atoms with Gasteiger partial charge in [-0.3, -0.25) is 10.1 Å². The minimum Gasteiger partial charge on any atom is -0.496 e. The van der Waals surface area contributed by atoms with Gasteiger partial charge in [-0.15, -0.1) is 0 Å². The van der Waals surface area contributed by atoms with E-state index in [2.05, 4.69) is 12.2 Å². The first-order valence-corrected chi connectivity index (χ1v) is 6.66. The Balaban J connectivity index is 2.09. The summed E-state index contributed by atoms with van der Waals surface area (Å²) in [5, 5.41) is 14.3. The molecule has 0 heterocycles. The van der Waals surface area contributed by atoms with Crippen LogP contribution in [0.15, 0.2) is 18.2 Å². The van der Waals surface area contributed by atoms with Gasteiger partial charge in [0.05, 0.1) is 12.0 Å². The van der Waals surface area contributed by atoms with Crippen LogP contribution in [0.4, 0.5) is 5.69 Å². The van der Waals surface area contributed by atoms with Gasteiger partial charge in [0.25, 0.3) is 5.69 Å². The fraction of sp³-hybridized carbons (Fsp3) is 0.571.